The van der Waals surface area contributed by atoms with Crippen LogP contribution in [0.25, 0.3) is 0 Å². The van der Waals surface area contributed by atoms with Crippen molar-refractivity contribution < 1.29 is 24.2 Å². The van der Waals surface area contributed by atoms with E-state index < -0.39 is 6.10 Å². The first-order chi connectivity index (χ1) is 17.6. The van der Waals surface area contributed by atoms with Crippen LogP contribution < -0.4 is 9.47 Å². The lowest BCUT2D eigenvalue weighted by atomic mass is 10.0. The maximum Gasteiger partial charge on any atom is 0.231 e. The molecule has 2 aliphatic rings. The van der Waals surface area contributed by atoms with Crippen LogP contribution in [0.4, 0.5) is 0 Å². The van der Waals surface area contributed by atoms with E-state index in [4.69, 9.17) is 30.6 Å². The Bertz CT molecular complexity index is 1190. The minimum atomic E-state index is -0.660. The van der Waals surface area contributed by atoms with Gasteiger partial charge in [0, 0.05) is 36.6 Å². The summed E-state index contributed by atoms with van der Waals surface area (Å²) in [6.07, 6.45) is -0.156. The van der Waals surface area contributed by atoms with Gasteiger partial charge in [-0.05, 0) is 35.4 Å². The number of ether oxygens (including phenoxy) is 3. The van der Waals surface area contributed by atoms with Gasteiger partial charge < -0.3 is 24.2 Å². The summed E-state index contributed by atoms with van der Waals surface area (Å²) in [5.41, 5.74) is 3.88. The average molecular weight is 509 g/mol. The zero-order valence-corrected chi connectivity index (χ0v) is 20.6. The molecule has 0 aromatic heterocycles. The third-order valence-electron chi connectivity index (χ3n) is 6.14. The molecule has 0 amide bonds. The van der Waals surface area contributed by atoms with Gasteiger partial charge in [-0.25, -0.2) is 0 Å². The zero-order chi connectivity index (χ0) is 24.7. The Hall–Kier alpha value is -3.10. The van der Waals surface area contributed by atoms with E-state index in [-0.39, 0.29) is 19.5 Å². The number of rotatable bonds is 11. The van der Waals surface area contributed by atoms with Gasteiger partial charge in [0.15, 0.2) is 11.5 Å². The fraction of sp³-hybridized carbons (Fsp3) is 0.321. The molecule has 0 saturated carbocycles. The van der Waals surface area contributed by atoms with E-state index in [0.717, 1.165) is 33.9 Å². The first-order valence-electron chi connectivity index (χ1n) is 12.0. The average Bonchev–Trinajstić information content (AvgIpc) is 3.55. The minimum absolute atomic E-state index is 0.148. The predicted octanol–water partition coefficient (Wildman–Crippen LogP) is 4.64. The number of oxime groups is 1. The quantitative estimate of drug-likeness (QED) is 0.407. The van der Waals surface area contributed by atoms with Crippen molar-refractivity contribution in [3.63, 3.8) is 0 Å². The molecule has 0 radical (unpaired) electrons. The normalized spacial score (nSPS) is 17.2. The Morgan fingerprint density at radius 2 is 1.83 bits per heavy atom. The van der Waals surface area contributed by atoms with Crippen molar-refractivity contribution in [1.29, 1.82) is 0 Å². The van der Waals surface area contributed by atoms with E-state index in [9.17, 15) is 5.11 Å². The molecule has 3 aromatic carbocycles. The van der Waals surface area contributed by atoms with Crippen molar-refractivity contribution in [1.82, 2.24) is 4.90 Å². The second kappa shape index (κ2) is 11.8. The molecule has 1 N–H and O–H groups in total. The third-order valence-corrected chi connectivity index (χ3v) is 6.51. The topological polar surface area (TPSA) is 72.8 Å². The van der Waals surface area contributed by atoms with Crippen LogP contribution in [-0.4, -0.2) is 54.4 Å². The van der Waals surface area contributed by atoms with Crippen LogP contribution in [-0.2, 0) is 22.7 Å². The first-order valence-corrected chi connectivity index (χ1v) is 12.4. The summed E-state index contributed by atoms with van der Waals surface area (Å²) in [5.74, 6) is 1.46. The van der Waals surface area contributed by atoms with Gasteiger partial charge in [0.2, 0.25) is 6.79 Å². The molecule has 8 heteroatoms. The highest BCUT2D eigenvalue weighted by Gasteiger charge is 2.27. The highest BCUT2D eigenvalue weighted by atomic mass is 35.5. The summed E-state index contributed by atoms with van der Waals surface area (Å²) in [4.78, 5) is 7.93. The van der Waals surface area contributed by atoms with Crippen molar-refractivity contribution in [3.05, 3.63) is 94.5 Å². The lowest BCUT2D eigenvalue weighted by molar-refractivity contribution is -0.00648. The molecule has 2 atom stereocenters. The lowest BCUT2D eigenvalue weighted by Gasteiger charge is -2.27. The third kappa shape index (κ3) is 6.36. The molecule has 3 aromatic rings. The number of benzene rings is 3. The Morgan fingerprint density at radius 1 is 1.03 bits per heavy atom. The molecule has 36 heavy (non-hydrogen) atoms. The molecule has 0 saturated heterocycles. The number of aliphatic hydroxyl groups is 1. The van der Waals surface area contributed by atoms with Gasteiger partial charge in [0.1, 0.15) is 6.10 Å². The second-order valence-electron chi connectivity index (χ2n) is 8.98. The van der Waals surface area contributed by atoms with Crippen LogP contribution in [0.3, 0.4) is 0 Å². The standard InChI is InChI=1S/C28H29ClN2O5/c29-25-9-5-4-8-22(25)14-31(15-23(32)18-33-17-20-6-2-1-3-7-20)16-24-13-26(30-36-24)21-10-11-27-28(12-21)35-19-34-27/h1-12,23-24,32H,13-19H2/t23-,24-/m1/s1. The molecule has 2 aliphatic heterocycles. The number of fused-ring (bicyclic) bond motifs is 1. The van der Waals surface area contributed by atoms with Crippen molar-refractivity contribution in [2.45, 2.75) is 31.8 Å². The van der Waals surface area contributed by atoms with E-state index >= 15 is 0 Å². The molecule has 0 unspecified atom stereocenters. The summed E-state index contributed by atoms with van der Waals surface area (Å²) < 4.78 is 16.7. The lowest BCUT2D eigenvalue weighted by Crippen LogP contribution is -2.39. The summed E-state index contributed by atoms with van der Waals surface area (Å²) in [5, 5.41) is 15.8. The fourth-order valence-electron chi connectivity index (χ4n) is 4.37. The Balaban J connectivity index is 1.19. The summed E-state index contributed by atoms with van der Waals surface area (Å²) >= 11 is 6.43. The summed E-state index contributed by atoms with van der Waals surface area (Å²) in [7, 11) is 0. The molecule has 0 spiro atoms. The second-order valence-corrected chi connectivity index (χ2v) is 9.38. The molecule has 0 bridgehead atoms. The van der Waals surface area contributed by atoms with Crippen LogP contribution in [0.5, 0.6) is 11.5 Å². The Kier molecular flexibility index (Phi) is 8.03. The zero-order valence-electron chi connectivity index (χ0n) is 19.9. The molecule has 188 valence electrons. The van der Waals surface area contributed by atoms with Gasteiger partial charge in [0.25, 0.3) is 0 Å². The first kappa shape index (κ1) is 24.6. The number of hydrogen-bond donors (Lipinski definition) is 1. The minimum Gasteiger partial charge on any atom is -0.454 e. The van der Waals surface area contributed by atoms with Crippen LogP contribution in [0.1, 0.15) is 23.1 Å². The predicted molar refractivity (Wildman–Crippen MR) is 137 cm³/mol. The van der Waals surface area contributed by atoms with Crippen molar-refractivity contribution in [3.8, 4) is 11.5 Å². The van der Waals surface area contributed by atoms with Crippen molar-refractivity contribution >= 4 is 17.3 Å². The van der Waals surface area contributed by atoms with Gasteiger partial charge in [-0.15, -0.1) is 0 Å². The molecule has 2 heterocycles. The molecule has 0 aliphatic carbocycles. The van der Waals surface area contributed by atoms with E-state index in [1.54, 1.807) is 0 Å². The van der Waals surface area contributed by atoms with Gasteiger partial charge >= 0.3 is 0 Å². The molecule has 0 fully saturated rings. The van der Waals surface area contributed by atoms with Gasteiger partial charge in [-0.3, -0.25) is 4.90 Å². The summed E-state index contributed by atoms with van der Waals surface area (Å²) in [6, 6.07) is 23.5. The van der Waals surface area contributed by atoms with Crippen molar-refractivity contribution in [2.75, 3.05) is 26.5 Å². The van der Waals surface area contributed by atoms with Crippen LogP contribution in [0, 0.1) is 0 Å². The van der Waals surface area contributed by atoms with E-state index in [2.05, 4.69) is 10.1 Å². The fourth-order valence-corrected chi connectivity index (χ4v) is 4.57. The Labute approximate surface area is 215 Å². The number of aliphatic hydroxyl groups excluding tert-OH is 1. The number of halogens is 1. The maximum absolute atomic E-state index is 10.7. The molecule has 5 rings (SSSR count). The van der Waals surface area contributed by atoms with Crippen molar-refractivity contribution in [2.24, 2.45) is 5.16 Å². The maximum atomic E-state index is 10.7. The smallest absolute Gasteiger partial charge is 0.231 e. The van der Waals surface area contributed by atoms with Crippen LogP contribution >= 0.6 is 11.6 Å². The van der Waals surface area contributed by atoms with Gasteiger partial charge in [-0.2, -0.15) is 0 Å². The molecular formula is C28H29ClN2O5. The SMILES string of the molecule is O[C@@H](COCc1ccccc1)CN(Cc1ccccc1Cl)C[C@H]1CC(c2ccc3c(c2)OCO3)=NO1. The summed E-state index contributed by atoms with van der Waals surface area (Å²) in [6.45, 7) is 2.50. The molecular weight excluding hydrogens is 480 g/mol. The largest absolute Gasteiger partial charge is 0.454 e. The number of nitrogens with zero attached hydrogens (tertiary/aromatic N) is 2. The highest BCUT2D eigenvalue weighted by Crippen LogP contribution is 2.33. The van der Waals surface area contributed by atoms with E-state index in [1.807, 2.05) is 72.8 Å². The number of hydrogen-bond acceptors (Lipinski definition) is 7. The van der Waals surface area contributed by atoms with Gasteiger partial charge in [-0.1, -0.05) is 65.3 Å². The van der Waals surface area contributed by atoms with Crippen LogP contribution in [0.2, 0.25) is 5.02 Å². The molecule has 7 nitrogen and oxygen atoms in total. The van der Waals surface area contributed by atoms with E-state index in [0.29, 0.717) is 37.7 Å². The highest BCUT2D eigenvalue weighted by molar-refractivity contribution is 6.31. The monoisotopic (exact) mass is 508 g/mol. The Morgan fingerprint density at radius 3 is 2.69 bits per heavy atom. The van der Waals surface area contributed by atoms with Crippen LogP contribution in [0.15, 0.2) is 78.0 Å². The van der Waals surface area contributed by atoms with E-state index in [1.165, 1.54) is 0 Å². The van der Waals surface area contributed by atoms with Gasteiger partial charge in [0.05, 0.1) is 25.0 Å².